The zero-order valence-corrected chi connectivity index (χ0v) is 13.7. The van der Waals surface area contributed by atoms with Crippen LogP contribution in [0.3, 0.4) is 0 Å². The Morgan fingerprint density at radius 1 is 1.57 bits per heavy atom. The lowest BCUT2D eigenvalue weighted by Gasteiger charge is -2.31. The minimum Gasteiger partial charge on any atom is -0.467 e. The molecular formula is C17H27N3O3. The van der Waals surface area contributed by atoms with Crippen LogP contribution in [-0.4, -0.2) is 47.8 Å². The maximum absolute atomic E-state index is 12.0. The lowest BCUT2D eigenvalue weighted by Crippen LogP contribution is -2.49. The molecule has 0 bridgehead atoms. The van der Waals surface area contributed by atoms with Crippen LogP contribution in [0.1, 0.15) is 38.1 Å². The monoisotopic (exact) mass is 321 g/mol. The lowest BCUT2D eigenvalue weighted by molar-refractivity contribution is 0.129. The van der Waals surface area contributed by atoms with Crippen molar-refractivity contribution in [1.82, 2.24) is 15.5 Å². The van der Waals surface area contributed by atoms with Gasteiger partial charge in [0.25, 0.3) is 0 Å². The van der Waals surface area contributed by atoms with Crippen molar-refractivity contribution in [3.05, 3.63) is 36.8 Å². The SMILES string of the molecule is C=CCN1CCC(NC(=O)N[C@H](C)C[C@H](O)c2ccco2)CC1. The molecule has 23 heavy (non-hydrogen) atoms. The summed E-state index contributed by atoms with van der Waals surface area (Å²) in [7, 11) is 0. The van der Waals surface area contributed by atoms with Crippen molar-refractivity contribution in [3.8, 4) is 0 Å². The van der Waals surface area contributed by atoms with Gasteiger partial charge in [-0.25, -0.2) is 4.79 Å². The van der Waals surface area contributed by atoms with Gasteiger partial charge in [-0.3, -0.25) is 4.90 Å². The van der Waals surface area contributed by atoms with Crippen molar-refractivity contribution in [1.29, 1.82) is 0 Å². The molecule has 1 saturated heterocycles. The molecule has 2 amide bonds. The summed E-state index contributed by atoms with van der Waals surface area (Å²) in [5.74, 6) is 0.522. The fourth-order valence-electron chi connectivity index (χ4n) is 2.88. The number of amides is 2. The molecule has 0 saturated carbocycles. The molecule has 1 aliphatic rings. The van der Waals surface area contributed by atoms with Crippen LogP contribution in [-0.2, 0) is 0 Å². The second kappa shape index (κ2) is 8.74. The molecular weight excluding hydrogens is 294 g/mol. The maximum Gasteiger partial charge on any atom is 0.315 e. The second-order valence-electron chi connectivity index (χ2n) is 6.15. The molecule has 2 heterocycles. The average Bonchev–Trinajstić information content (AvgIpc) is 3.03. The average molecular weight is 321 g/mol. The van der Waals surface area contributed by atoms with E-state index < -0.39 is 6.10 Å². The number of carbonyl (C=O) groups is 1. The van der Waals surface area contributed by atoms with Gasteiger partial charge in [0.15, 0.2) is 0 Å². The minimum atomic E-state index is -0.706. The van der Waals surface area contributed by atoms with Crippen molar-refractivity contribution >= 4 is 6.03 Å². The van der Waals surface area contributed by atoms with E-state index in [1.807, 2.05) is 13.0 Å². The van der Waals surface area contributed by atoms with E-state index in [0.29, 0.717) is 12.2 Å². The summed E-state index contributed by atoms with van der Waals surface area (Å²) in [6.45, 7) is 8.48. The number of nitrogens with one attached hydrogen (secondary N) is 2. The van der Waals surface area contributed by atoms with Gasteiger partial charge in [-0.05, 0) is 31.9 Å². The van der Waals surface area contributed by atoms with Crippen LogP contribution >= 0.6 is 0 Å². The number of urea groups is 1. The summed E-state index contributed by atoms with van der Waals surface area (Å²) in [4.78, 5) is 14.4. The quantitative estimate of drug-likeness (QED) is 0.672. The fraction of sp³-hybridized carbons (Fsp3) is 0.588. The first-order valence-electron chi connectivity index (χ1n) is 8.20. The number of aliphatic hydroxyl groups is 1. The first kappa shape index (κ1) is 17.6. The Hall–Kier alpha value is -1.79. The number of hydrogen-bond acceptors (Lipinski definition) is 4. The maximum atomic E-state index is 12.0. The van der Waals surface area contributed by atoms with Crippen molar-refractivity contribution in [2.45, 2.75) is 44.4 Å². The topological polar surface area (TPSA) is 77.7 Å². The highest BCUT2D eigenvalue weighted by Gasteiger charge is 2.21. The van der Waals surface area contributed by atoms with E-state index in [4.69, 9.17) is 4.42 Å². The van der Waals surface area contributed by atoms with Gasteiger partial charge in [-0.15, -0.1) is 6.58 Å². The minimum absolute atomic E-state index is 0.143. The summed E-state index contributed by atoms with van der Waals surface area (Å²) >= 11 is 0. The zero-order chi connectivity index (χ0) is 16.7. The van der Waals surface area contributed by atoms with Crippen LogP contribution in [0.15, 0.2) is 35.5 Å². The fourth-order valence-corrected chi connectivity index (χ4v) is 2.88. The van der Waals surface area contributed by atoms with E-state index in [-0.39, 0.29) is 18.1 Å². The molecule has 6 nitrogen and oxygen atoms in total. The molecule has 1 aliphatic heterocycles. The largest absolute Gasteiger partial charge is 0.467 e. The smallest absolute Gasteiger partial charge is 0.315 e. The van der Waals surface area contributed by atoms with Crippen LogP contribution in [0.4, 0.5) is 4.79 Å². The Morgan fingerprint density at radius 2 is 2.30 bits per heavy atom. The van der Waals surface area contributed by atoms with E-state index in [0.717, 1.165) is 32.5 Å². The van der Waals surface area contributed by atoms with Crippen LogP contribution < -0.4 is 10.6 Å². The molecule has 3 N–H and O–H groups in total. The standard InChI is InChI=1S/C17H27N3O3/c1-3-8-20-9-6-14(7-10-20)19-17(22)18-13(2)12-15(21)16-5-4-11-23-16/h3-5,11,13-15,21H,1,6-10,12H2,2H3,(H2,18,19,22)/t13-,15+/m1/s1. The number of piperidine rings is 1. The molecule has 1 fully saturated rings. The van der Waals surface area contributed by atoms with E-state index >= 15 is 0 Å². The van der Waals surface area contributed by atoms with Crippen LogP contribution in [0.25, 0.3) is 0 Å². The summed E-state index contributed by atoms with van der Waals surface area (Å²) in [6.07, 6.45) is 5.05. The molecule has 2 atom stereocenters. The lowest BCUT2D eigenvalue weighted by atomic mass is 10.1. The molecule has 0 radical (unpaired) electrons. The summed E-state index contributed by atoms with van der Waals surface area (Å²) in [5.41, 5.74) is 0. The van der Waals surface area contributed by atoms with E-state index in [9.17, 15) is 9.90 Å². The molecule has 1 aromatic rings. The Bertz CT molecular complexity index is 481. The number of furan rings is 1. The number of likely N-dealkylation sites (tertiary alicyclic amines) is 1. The Balaban J connectivity index is 1.67. The third-order valence-corrected chi connectivity index (χ3v) is 4.14. The Morgan fingerprint density at radius 3 is 2.91 bits per heavy atom. The summed E-state index contributed by atoms with van der Waals surface area (Å²) < 4.78 is 5.16. The second-order valence-corrected chi connectivity index (χ2v) is 6.15. The predicted octanol–water partition coefficient (Wildman–Crippen LogP) is 2.04. The predicted molar refractivity (Wildman–Crippen MR) is 89.1 cm³/mol. The van der Waals surface area contributed by atoms with Gasteiger partial charge < -0.3 is 20.2 Å². The number of rotatable bonds is 7. The highest BCUT2D eigenvalue weighted by molar-refractivity contribution is 5.74. The number of nitrogens with zero attached hydrogens (tertiary/aromatic N) is 1. The third-order valence-electron chi connectivity index (χ3n) is 4.14. The molecule has 0 aromatic carbocycles. The van der Waals surface area contributed by atoms with E-state index in [1.165, 1.54) is 6.26 Å². The Labute approximate surface area is 137 Å². The number of aliphatic hydroxyl groups excluding tert-OH is 1. The van der Waals surface area contributed by atoms with Gasteiger partial charge in [-0.2, -0.15) is 0 Å². The molecule has 0 spiro atoms. The van der Waals surface area contributed by atoms with Crippen LogP contribution in [0.2, 0.25) is 0 Å². The van der Waals surface area contributed by atoms with E-state index in [2.05, 4.69) is 22.1 Å². The molecule has 0 aliphatic carbocycles. The van der Waals surface area contributed by atoms with Crippen molar-refractivity contribution in [3.63, 3.8) is 0 Å². The van der Waals surface area contributed by atoms with Gasteiger partial charge in [0.2, 0.25) is 0 Å². The summed E-state index contributed by atoms with van der Waals surface area (Å²) in [5, 5.41) is 15.9. The van der Waals surface area contributed by atoms with Crippen LogP contribution in [0, 0.1) is 0 Å². The van der Waals surface area contributed by atoms with Crippen LogP contribution in [0.5, 0.6) is 0 Å². The molecule has 0 unspecified atom stereocenters. The molecule has 2 rings (SSSR count). The van der Waals surface area contributed by atoms with Gasteiger partial charge in [0.05, 0.1) is 6.26 Å². The number of hydrogen-bond donors (Lipinski definition) is 3. The highest BCUT2D eigenvalue weighted by Crippen LogP contribution is 2.18. The molecule has 1 aromatic heterocycles. The van der Waals surface area contributed by atoms with Crippen molar-refractivity contribution < 1.29 is 14.3 Å². The third kappa shape index (κ3) is 5.73. The van der Waals surface area contributed by atoms with Gasteiger partial charge in [0, 0.05) is 38.1 Å². The first-order valence-corrected chi connectivity index (χ1v) is 8.20. The summed E-state index contributed by atoms with van der Waals surface area (Å²) in [6, 6.07) is 3.36. The van der Waals surface area contributed by atoms with Gasteiger partial charge >= 0.3 is 6.03 Å². The highest BCUT2D eigenvalue weighted by atomic mass is 16.4. The van der Waals surface area contributed by atoms with Crippen molar-refractivity contribution in [2.75, 3.05) is 19.6 Å². The van der Waals surface area contributed by atoms with Crippen molar-refractivity contribution in [2.24, 2.45) is 0 Å². The van der Waals surface area contributed by atoms with Gasteiger partial charge in [-0.1, -0.05) is 6.08 Å². The molecule has 6 heteroatoms. The first-order chi connectivity index (χ1) is 11.1. The van der Waals surface area contributed by atoms with E-state index in [1.54, 1.807) is 12.1 Å². The van der Waals surface area contributed by atoms with Gasteiger partial charge in [0.1, 0.15) is 11.9 Å². The zero-order valence-electron chi connectivity index (χ0n) is 13.7. The molecule has 128 valence electrons. The normalized spacial score (nSPS) is 19.0. The number of carbonyl (C=O) groups excluding carboxylic acids is 1. The Kier molecular flexibility index (Phi) is 6.67.